The molecule has 1 amide bonds. The average Bonchev–Trinajstić information content (AvgIpc) is 2.48. The van der Waals surface area contributed by atoms with Gasteiger partial charge < -0.3 is 4.90 Å². The number of benzene rings is 1. The smallest absolute Gasteiger partial charge is 0.227 e. The molecule has 0 aliphatic carbocycles. The lowest BCUT2D eigenvalue weighted by molar-refractivity contribution is -0.132. The summed E-state index contributed by atoms with van der Waals surface area (Å²) in [4.78, 5) is 16.8. The first-order valence-corrected chi connectivity index (χ1v) is 8.73. The van der Waals surface area contributed by atoms with E-state index in [1.54, 1.807) is 0 Å². The number of unbranched alkanes of at least 4 members (excludes halogenated alkanes) is 2. The van der Waals surface area contributed by atoms with Crippen LogP contribution < -0.4 is 0 Å². The predicted molar refractivity (Wildman–Crippen MR) is 90.4 cm³/mol. The molecule has 0 saturated carbocycles. The highest BCUT2D eigenvalue weighted by atomic mass is 79.9. The highest BCUT2D eigenvalue weighted by Gasteiger charge is 2.20. The van der Waals surface area contributed by atoms with Crippen molar-refractivity contribution < 1.29 is 4.79 Å². The highest BCUT2D eigenvalue weighted by molar-refractivity contribution is 9.10. The number of piperazine rings is 1. The van der Waals surface area contributed by atoms with Crippen LogP contribution in [-0.4, -0.2) is 48.4 Å². The monoisotopic (exact) mass is 352 g/mol. The lowest BCUT2D eigenvalue weighted by Crippen LogP contribution is -2.49. The largest absolute Gasteiger partial charge is 0.340 e. The molecule has 0 radical (unpaired) electrons. The van der Waals surface area contributed by atoms with E-state index in [2.05, 4.69) is 27.8 Å². The van der Waals surface area contributed by atoms with Crippen molar-refractivity contribution in [2.45, 2.75) is 32.6 Å². The van der Waals surface area contributed by atoms with Crippen LogP contribution >= 0.6 is 15.9 Å². The Morgan fingerprint density at radius 2 is 1.95 bits per heavy atom. The zero-order chi connectivity index (χ0) is 15.1. The van der Waals surface area contributed by atoms with Gasteiger partial charge in [0.25, 0.3) is 0 Å². The highest BCUT2D eigenvalue weighted by Crippen LogP contribution is 2.13. The first kappa shape index (κ1) is 16.5. The fourth-order valence-electron chi connectivity index (χ4n) is 2.74. The molecule has 1 fully saturated rings. The topological polar surface area (TPSA) is 23.6 Å². The summed E-state index contributed by atoms with van der Waals surface area (Å²) >= 11 is 3.45. The van der Waals surface area contributed by atoms with Gasteiger partial charge in [-0.3, -0.25) is 9.69 Å². The standard InChI is InChI=1S/C17H25BrN2O/c1-2-3-4-8-19-9-11-20(12-10-19)17(21)14-15-6-5-7-16(18)13-15/h5-7,13H,2-4,8-12,14H2,1H3. The van der Waals surface area contributed by atoms with E-state index in [4.69, 9.17) is 0 Å². The van der Waals surface area contributed by atoms with Gasteiger partial charge >= 0.3 is 0 Å². The number of rotatable bonds is 6. The van der Waals surface area contributed by atoms with Crippen molar-refractivity contribution in [1.29, 1.82) is 0 Å². The summed E-state index contributed by atoms with van der Waals surface area (Å²) < 4.78 is 1.04. The van der Waals surface area contributed by atoms with Crippen LogP contribution in [0.15, 0.2) is 28.7 Å². The van der Waals surface area contributed by atoms with Crippen molar-refractivity contribution in [3.63, 3.8) is 0 Å². The number of carbonyl (C=O) groups is 1. The van der Waals surface area contributed by atoms with Gasteiger partial charge in [0.05, 0.1) is 6.42 Å². The maximum atomic E-state index is 12.3. The number of amides is 1. The van der Waals surface area contributed by atoms with Gasteiger partial charge in [-0.05, 0) is 30.7 Å². The van der Waals surface area contributed by atoms with E-state index in [1.165, 1.54) is 25.8 Å². The van der Waals surface area contributed by atoms with E-state index in [9.17, 15) is 4.79 Å². The molecule has 0 unspecified atom stereocenters. The van der Waals surface area contributed by atoms with Crippen molar-refractivity contribution in [2.75, 3.05) is 32.7 Å². The molecule has 0 aromatic heterocycles. The van der Waals surface area contributed by atoms with Crippen molar-refractivity contribution in [3.05, 3.63) is 34.3 Å². The van der Waals surface area contributed by atoms with Crippen LogP contribution in [0.3, 0.4) is 0 Å². The summed E-state index contributed by atoms with van der Waals surface area (Å²) in [5, 5.41) is 0. The molecule has 3 nitrogen and oxygen atoms in total. The Morgan fingerprint density at radius 1 is 1.19 bits per heavy atom. The molecular formula is C17H25BrN2O. The van der Waals surface area contributed by atoms with Crippen LogP contribution in [0.5, 0.6) is 0 Å². The normalized spacial score (nSPS) is 16.2. The van der Waals surface area contributed by atoms with Gasteiger partial charge in [-0.15, -0.1) is 0 Å². The molecule has 1 aliphatic heterocycles. The van der Waals surface area contributed by atoms with Gasteiger partial charge in [-0.1, -0.05) is 47.8 Å². The number of carbonyl (C=O) groups excluding carboxylic acids is 1. The predicted octanol–water partition coefficient (Wildman–Crippen LogP) is 3.33. The molecule has 1 aromatic rings. The average molecular weight is 353 g/mol. The van der Waals surface area contributed by atoms with E-state index in [0.717, 1.165) is 36.2 Å². The molecule has 21 heavy (non-hydrogen) atoms. The lowest BCUT2D eigenvalue weighted by atomic mass is 10.1. The fourth-order valence-corrected chi connectivity index (χ4v) is 3.19. The van der Waals surface area contributed by atoms with E-state index >= 15 is 0 Å². The van der Waals surface area contributed by atoms with Crippen LogP contribution in [-0.2, 0) is 11.2 Å². The number of halogens is 1. The lowest BCUT2D eigenvalue weighted by Gasteiger charge is -2.34. The van der Waals surface area contributed by atoms with Crippen LogP contribution in [0.4, 0.5) is 0 Å². The Balaban J connectivity index is 1.75. The Kier molecular flexibility index (Phi) is 6.71. The Bertz CT molecular complexity index is 456. The summed E-state index contributed by atoms with van der Waals surface area (Å²) in [6.45, 7) is 7.21. The number of hydrogen-bond donors (Lipinski definition) is 0. The Labute approximate surface area is 136 Å². The van der Waals surface area contributed by atoms with Crippen molar-refractivity contribution >= 4 is 21.8 Å². The van der Waals surface area contributed by atoms with Gasteiger partial charge in [-0.2, -0.15) is 0 Å². The van der Waals surface area contributed by atoms with Crippen LogP contribution in [0.2, 0.25) is 0 Å². The molecule has 0 bridgehead atoms. The summed E-state index contributed by atoms with van der Waals surface area (Å²) in [6, 6.07) is 8.02. The third-order valence-electron chi connectivity index (χ3n) is 4.05. The molecule has 2 rings (SSSR count). The maximum Gasteiger partial charge on any atom is 0.227 e. The second kappa shape index (κ2) is 8.54. The van der Waals surface area contributed by atoms with E-state index < -0.39 is 0 Å². The van der Waals surface area contributed by atoms with Gasteiger partial charge in [0, 0.05) is 30.7 Å². The molecular weight excluding hydrogens is 328 g/mol. The maximum absolute atomic E-state index is 12.3. The third kappa shape index (κ3) is 5.44. The molecule has 116 valence electrons. The molecule has 1 aromatic carbocycles. The SMILES string of the molecule is CCCCCN1CCN(C(=O)Cc2cccc(Br)c2)CC1. The van der Waals surface area contributed by atoms with Crippen molar-refractivity contribution in [3.8, 4) is 0 Å². The van der Waals surface area contributed by atoms with Gasteiger partial charge in [0.2, 0.25) is 5.91 Å². The minimum Gasteiger partial charge on any atom is -0.340 e. The second-order valence-electron chi connectivity index (χ2n) is 5.74. The van der Waals surface area contributed by atoms with Crippen LogP contribution in [0.25, 0.3) is 0 Å². The van der Waals surface area contributed by atoms with E-state index in [0.29, 0.717) is 6.42 Å². The first-order chi connectivity index (χ1) is 10.2. The van der Waals surface area contributed by atoms with Gasteiger partial charge in [0.15, 0.2) is 0 Å². The number of nitrogens with zero attached hydrogens (tertiary/aromatic N) is 2. The quantitative estimate of drug-likeness (QED) is 0.733. The third-order valence-corrected chi connectivity index (χ3v) is 4.54. The first-order valence-electron chi connectivity index (χ1n) is 7.93. The minimum atomic E-state index is 0.251. The van der Waals surface area contributed by atoms with E-state index in [1.807, 2.05) is 29.2 Å². The molecule has 1 saturated heterocycles. The van der Waals surface area contributed by atoms with Gasteiger partial charge in [0.1, 0.15) is 0 Å². The van der Waals surface area contributed by atoms with Crippen molar-refractivity contribution in [1.82, 2.24) is 9.80 Å². The molecule has 4 heteroatoms. The summed E-state index contributed by atoms with van der Waals surface area (Å²) in [6.07, 6.45) is 4.37. The minimum absolute atomic E-state index is 0.251. The van der Waals surface area contributed by atoms with Crippen LogP contribution in [0.1, 0.15) is 31.7 Å². The Hall–Kier alpha value is -0.870. The molecule has 0 N–H and O–H groups in total. The second-order valence-corrected chi connectivity index (χ2v) is 6.65. The van der Waals surface area contributed by atoms with Crippen molar-refractivity contribution in [2.24, 2.45) is 0 Å². The number of hydrogen-bond acceptors (Lipinski definition) is 2. The summed E-state index contributed by atoms with van der Waals surface area (Å²) in [5.41, 5.74) is 1.08. The zero-order valence-electron chi connectivity index (χ0n) is 12.9. The Morgan fingerprint density at radius 3 is 2.62 bits per heavy atom. The fraction of sp³-hybridized carbons (Fsp3) is 0.588. The summed E-state index contributed by atoms with van der Waals surface area (Å²) in [7, 11) is 0. The van der Waals surface area contributed by atoms with E-state index in [-0.39, 0.29) is 5.91 Å². The zero-order valence-corrected chi connectivity index (χ0v) is 14.4. The van der Waals surface area contributed by atoms with Gasteiger partial charge in [-0.25, -0.2) is 0 Å². The molecule has 0 atom stereocenters. The summed E-state index contributed by atoms with van der Waals surface area (Å²) in [5.74, 6) is 0.251. The van der Waals surface area contributed by atoms with Crippen LogP contribution in [0, 0.1) is 0 Å². The molecule has 1 aliphatic rings. The molecule has 0 spiro atoms. The molecule has 1 heterocycles.